The van der Waals surface area contributed by atoms with Crippen molar-refractivity contribution in [2.45, 2.75) is 20.0 Å². The average Bonchev–Trinajstić information content (AvgIpc) is 2.70. The molecule has 0 aliphatic heterocycles. The fraction of sp³-hybridized carbons (Fsp3) is 0.300. The number of rotatable bonds is 7. The molecule has 0 aliphatic rings. The molecule has 3 amide bonds. The molecule has 0 fully saturated rings. The summed E-state index contributed by atoms with van der Waals surface area (Å²) in [6, 6.07) is 12.1. The van der Waals surface area contributed by atoms with E-state index in [1.807, 2.05) is 37.3 Å². The predicted molar refractivity (Wildman–Crippen MR) is 105 cm³/mol. The second-order valence-corrected chi connectivity index (χ2v) is 6.26. The van der Waals surface area contributed by atoms with E-state index in [1.54, 1.807) is 0 Å². The molecule has 0 heterocycles. The van der Waals surface area contributed by atoms with Crippen LogP contribution in [0.5, 0.6) is 11.5 Å². The van der Waals surface area contributed by atoms with Crippen molar-refractivity contribution in [3.8, 4) is 11.5 Å². The number of ether oxygens (including phenoxy) is 2. The Labute approximate surface area is 164 Å². The summed E-state index contributed by atoms with van der Waals surface area (Å²) in [5.74, 6) is 0.253. The zero-order chi connectivity index (χ0) is 19.8. The number of methoxy groups -OCH3 is 1. The van der Waals surface area contributed by atoms with Crippen molar-refractivity contribution in [2.75, 3.05) is 20.7 Å². The first-order chi connectivity index (χ1) is 13.0. The number of halogens is 1. The summed E-state index contributed by atoms with van der Waals surface area (Å²) in [4.78, 5) is 25.7. The first kappa shape index (κ1) is 20.6. The second kappa shape index (κ2) is 9.83. The van der Waals surface area contributed by atoms with Gasteiger partial charge < -0.3 is 14.8 Å². The van der Waals surface area contributed by atoms with Gasteiger partial charge in [-0.1, -0.05) is 48.9 Å². The smallest absolute Gasteiger partial charge is 0.324 e. The van der Waals surface area contributed by atoms with Crippen LogP contribution in [-0.2, 0) is 6.61 Å². The first-order valence-corrected chi connectivity index (χ1v) is 8.95. The summed E-state index contributed by atoms with van der Waals surface area (Å²) in [6.45, 7) is 2.72. The SMILES string of the molecule is CCCNC(=O)N(C)C(=O)c1cc(OCc2ccccc2)c(OC)cc1Cl. The van der Waals surface area contributed by atoms with Gasteiger partial charge >= 0.3 is 6.03 Å². The van der Waals surface area contributed by atoms with E-state index in [0.717, 1.165) is 16.9 Å². The molecule has 1 N–H and O–H groups in total. The molecule has 0 aliphatic carbocycles. The van der Waals surface area contributed by atoms with Gasteiger partial charge in [-0.25, -0.2) is 4.79 Å². The molecule has 0 aromatic heterocycles. The van der Waals surface area contributed by atoms with Gasteiger partial charge in [0.05, 0.1) is 17.7 Å². The molecule has 0 spiro atoms. The number of carbonyl (C=O) groups excluding carboxylic acids is 2. The third-order valence-electron chi connectivity index (χ3n) is 3.86. The Morgan fingerprint density at radius 3 is 2.48 bits per heavy atom. The Bertz CT molecular complexity index is 796. The van der Waals surface area contributed by atoms with Crippen LogP contribution in [0.1, 0.15) is 29.3 Å². The standard InChI is InChI=1S/C20H23ClN2O4/c1-4-10-22-20(25)23(2)19(24)15-11-18(17(26-3)12-16(15)21)27-13-14-8-6-5-7-9-14/h5-9,11-12H,4,10,13H2,1-3H3,(H,22,25). The highest BCUT2D eigenvalue weighted by Gasteiger charge is 2.23. The summed E-state index contributed by atoms with van der Waals surface area (Å²) >= 11 is 6.23. The maximum absolute atomic E-state index is 12.7. The van der Waals surface area contributed by atoms with Crippen molar-refractivity contribution in [3.05, 3.63) is 58.6 Å². The monoisotopic (exact) mass is 390 g/mol. The minimum Gasteiger partial charge on any atom is -0.493 e. The molecule has 6 nitrogen and oxygen atoms in total. The number of nitrogens with zero attached hydrogens (tertiary/aromatic N) is 1. The lowest BCUT2D eigenvalue weighted by Crippen LogP contribution is -2.41. The largest absolute Gasteiger partial charge is 0.493 e. The van der Waals surface area contributed by atoms with E-state index in [9.17, 15) is 9.59 Å². The van der Waals surface area contributed by atoms with E-state index in [2.05, 4.69) is 5.32 Å². The summed E-state index contributed by atoms with van der Waals surface area (Å²) in [5.41, 5.74) is 1.13. The van der Waals surface area contributed by atoms with E-state index in [4.69, 9.17) is 21.1 Å². The van der Waals surface area contributed by atoms with E-state index in [-0.39, 0.29) is 10.6 Å². The van der Waals surface area contributed by atoms with Crippen LogP contribution in [0.25, 0.3) is 0 Å². The molecule has 2 aromatic rings. The molecule has 0 unspecified atom stereocenters. The third kappa shape index (κ3) is 5.37. The summed E-state index contributed by atoms with van der Waals surface area (Å²) in [6.07, 6.45) is 0.772. The molecule has 2 rings (SSSR count). The highest BCUT2D eigenvalue weighted by molar-refractivity contribution is 6.34. The van der Waals surface area contributed by atoms with Gasteiger partial charge in [0.1, 0.15) is 6.61 Å². The third-order valence-corrected chi connectivity index (χ3v) is 4.17. The van der Waals surface area contributed by atoms with Gasteiger partial charge in [0.25, 0.3) is 5.91 Å². The van der Waals surface area contributed by atoms with Crippen molar-refractivity contribution in [1.82, 2.24) is 10.2 Å². The molecular weight excluding hydrogens is 368 g/mol. The van der Waals surface area contributed by atoms with Gasteiger partial charge in [0, 0.05) is 19.7 Å². The fourth-order valence-corrected chi connectivity index (χ4v) is 2.56. The molecule has 0 radical (unpaired) electrons. The molecular formula is C20H23ClN2O4. The Hall–Kier alpha value is -2.73. The number of amides is 3. The van der Waals surface area contributed by atoms with E-state index < -0.39 is 11.9 Å². The van der Waals surface area contributed by atoms with Crippen molar-refractivity contribution in [1.29, 1.82) is 0 Å². The quantitative estimate of drug-likeness (QED) is 0.772. The number of urea groups is 1. The maximum atomic E-state index is 12.7. The van der Waals surface area contributed by atoms with Crippen LogP contribution in [-0.4, -0.2) is 37.5 Å². The fourth-order valence-electron chi connectivity index (χ4n) is 2.33. The molecule has 0 saturated carbocycles. The van der Waals surface area contributed by atoms with Crippen molar-refractivity contribution in [2.24, 2.45) is 0 Å². The molecule has 0 atom stereocenters. The zero-order valence-corrected chi connectivity index (χ0v) is 16.4. The lowest BCUT2D eigenvalue weighted by atomic mass is 10.1. The number of hydrogen-bond acceptors (Lipinski definition) is 4. The zero-order valence-electron chi connectivity index (χ0n) is 15.6. The van der Waals surface area contributed by atoms with Crippen LogP contribution < -0.4 is 14.8 Å². The van der Waals surface area contributed by atoms with Gasteiger partial charge in [-0.3, -0.25) is 9.69 Å². The minimum atomic E-state index is -0.527. The van der Waals surface area contributed by atoms with E-state index >= 15 is 0 Å². The van der Waals surface area contributed by atoms with Gasteiger partial charge in [-0.2, -0.15) is 0 Å². The van der Waals surface area contributed by atoms with Crippen LogP contribution in [0.15, 0.2) is 42.5 Å². The molecule has 0 saturated heterocycles. The molecule has 27 heavy (non-hydrogen) atoms. The van der Waals surface area contributed by atoms with Gasteiger partial charge in [0.2, 0.25) is 0 Å². The highest BCUT2D eigenvalue weighted by atomic mass is 35.5. The molecule has 7 heteroatoms. The summed E-state index contributed by atoms with van der Waals surface area (Å²) in [5, 5.41) is 2.83. The summed E-state index contributed by atoms with van der Waals surface area (Å²) in [7, 11) is 2.89. The van der Waals surface area contributed by atoms with Crippen LogP contribution in [0.2, 0.25) is 5.02 Å². The van der Waals surface area contributed by atoms with E-state index in [0.29, 0.717) is 24.7 Å². The average molecular weight is 391 g/mol. The van der Waals surface area contributed by atoms with Crippen LogP contribution >= 0.6 is 11.6 Å². The minimum absolute atomic E-state index is 0.162. The highest BCUT2D eigenvalue weighted by Crippen LogP contribution is 2.34. The Morgan fingerprint density at radius 1 is 1.15 bits per heavy atom. The van der Waals surface area contributed by atoms with Crippen LogP contribution in [0.3, 0.4) is 0 Å². The predicted octanol–water partition coefficient (Wildman–Crippen LogP) is 4.12. The van der Waals surface area contributed by atoms with Crippen molar-refractivity contribution in [3.63, 3.8) is 0 Å². The second-order valence-electron chi connectivity index (χ2n) is 5.85. The molecule has 2 aromatic carbocycles. The van der Waals surface area contributed by atoms with Crippen molar-refractivity contribution >= 4 is 23.5 Å². The number of imide groups is 1. The number of benzene rings is 2. The van der Waals surface area contributed by atoms with Crippen LogP contribution in [0, 0.1) is 0 Å². The lowest BCUT2D eigenvalue weighted by Gasteiger charge is -2.18. The Kier molecular flexibility index (Phi) is 7.49. The van der Waals surface area contributed by atoms with Gasteiger partial charge in [0.15, 0.2) is 11.5 Å². The lowest BCUT2D eigenvalue weighted by molar-refractivity contribution is 0.0831. The van der Waals surface area contributed by atoms with E-state index in [1.165, 1.54) is 26.3 Å². The van der Waals surface area contributed by atoms with Crippen LogP contribution in [0.4, 0.5) is 4.79 Å². The molecule has 0 bridgehead atoms. The first-order valence-electron chi connectivity index (χ1n) is 8.58. The normalized spacial score (nSPS) is 10.2. The topological polar surface area (TPSA) is 67.9 Å². The maximum Gasteiger partial charge on any atom is 0.324 e. The molecule has 144 valence electrons. The summed E-state index contributed by atoms with van der Waals surface area (Å²) < 4.78 is 11.1. The number of hydrogen-bond donors (Lipinski definition) is 1. The van der Waals surface area contributed by atoms with Gasteiger partial charge in [-0.15, -0.1) is 0 Å². The number of nitrogens with one attached hydrogen (secondary N) is 1. The Morgan fingerprint density at radius 2 is 1.85 bits per heavy atom. The Balaban J connectivity index is 2.23. The van der Waals surface area contributed by atoms with Gasteiger partial charge in [-0.05, 0) is 18.1 Å². The number of carbonyl (C=O) groups is 2. The van der Waals surface area contributed by atoms with Crippen molar-refractivity contribution < 1.29 is 19.1 Å².